The summed E-state index contributed by atoms with van der Waals surface area (Å²) in [5.41, 5.74) is 5.91. The van der Waals surface area contributed by atoms with Crippen molar-refractivity contribution in [3.05, 3.63) is 46.3 Å². The minimum atomic E-state index is -0.477. The van der Waals surface area contributed by atoms with Crippen LogP contribution in [0.5, 0.6) is 5.88 Å². The molecule has 1 fully saturated rings. The van der Waals surface area contributed by atoms with Crippen LogP contribution in [0.4, 0.5) is 4.39 Å². The van der Waals surface area contributed by atoms with E-state index >= 15 is 0 Å². The van der Waals surface area contributed by atoms with E-state index in [4.69, 9.17) is 5.73 Å². The second-order valence-electron chi connectivity index (χ2n) is 5.02. The van der Waals surface area contributed by atoms with E-state index in [2.05, 4.69) is 9.97 Å². The van der Waals surface area contributed by atoms with Crippen LogP contribution in [0.3, 0.4) is 0 Å². The van der Waals surface area contributed by atoms with Crippen LogP contribution in [0.1, 0.15) is 24.7 Å². The number of aromatic amines is 1. The zero-order valence-electron chi connectivity index (χ0n) is 10.6. The monoisotopic (exact) mass is 275 g/mol. The summed E-state index contributed by atoms with van der Waals surface area (Å²) in [7, 11) is 0. The summed E-state index contributed by atoms with van der Waals surface area (Å²) in [6.45, 7) is 0. The minimum Gasteiger partial charge on any atom is -0.493 e. The lowest BCUT2D eigenvalue weighted by atomic mass is 10.1. The Morgan fingerprint density at radius 1 is 1.35 bits per heavy atom. The van der Waals surface area contributed by atoms with Gasteiger partial charge in [0.2, 0.25) is 5.88 Å². The van der Waals surface area contributed by atoms with Gasteiger partial charge in [-0.05, 0) is 36.5 Å². The van der Waals surface area contributed by atoms with Crippen molar-refractivity contribution in [1.82, 2.24) is 9.97 Å². The molecule has 104 valence electrons. The second-order valence-corrected chi connectivity index (χ2v) is 5.02. The quantitative estimate of drug-likeness (QED) is 0.794. The van der Waals surface area contributed by atoms with Crippen LogP contribution in [0.15, 0.2) is 29.1 Å². The number of aromatic hydroxyl groups is 1. The molecule has 2 aromatic rings. The number of nitrogens with one attached hydrogen (secondary N) is 1. The lowest BCUT2D eigenvalue weighted by Gasteiger charge is -2.11. The Kier molecular flexibility index (Phi) is 3.02. The number of benzene rings is 1. The highest BCUT2D eigenvalue weighted by atomic mass is 19.1. The standard InChI is InChI=1S/C14H14FN3O2/c15-9-5-3-7(4-6-9)10-13(19)17-12(18-14(10)20)11(16)8-1-2-8/h3-6,8,11H,1-2,16H2,(H2,17,18,19,20). The second kappa shape index (κ2) is 4.72. The summed E-state index contributed by atoms with van der Waals surface area (Å²) in [4.78, 5) is 18.7. The SMILES string of the molecule is NC(c1nc(O)c(-c2ccc(F)cc2)c(=O)[nH]1)C1CC1. The van der Waals surface area contributed by atoms with Crippen LogP contribution in [0, 0.1) is 11.7 Å². The summed E-state index contributed by atoms with van der Waals surface area (Å²) in [6.07, 6.45) is 2.01. The van der Waals surface area contributed by atoms with E-state index in [1.165, 1.54) is 24.3 Å². The van der Waals surface area contributed by atoms with E-state index in [1.807, 2.05) is 0 Å². The molecule has 5 nitrogen and oxygen atoms in total. The summed E-state index contributed by atoms with van der Waals surface area (Å²) >= 11 is 0. The van der Waals surface area contributed by atoms with Crippen LogP contribution in [-0.2, 0) is 0 Å². The third-order valence-electron chi connectivity index (χ3n) is 3.50. The molecule has 1 heterocycles. The van der Waals surface area contributed by atoms with Crippen LogP contribution in [0.2, 0.25) is 0 Å². The Balaban J connectivity index is 2.04. The molecule has 0 amide bonds. The maximum atomic E-state index is 12.9. The fourth-order valence-electron chi connectivity index (χ4n) is 2.19. The Bertz CT molecular complexity index is 693. The zero-order chi connectivity index (χ0) is 14.3. The third-order valence-corrected chi connectivity index (χ3v) is 3.50. The molecule has 0 spiro atoms. The molecule has 20 heavy (non-hydrogen) atoms. The van der Waals surface area contributed by atoms with Crippen LogP contribution < -0.4 is 11.3 Å². The molecule has 1 aliphatic rings. The average molecular weight is 275 g/mol. The molecule has 6 heteroatoms. The van der Waals surface area contributed by atoms with Crippen molar-refractivity contribution in [2.75, 3.05) is 0 Å². The van der Waals surface area contributed by atoms with Crippen molar-refractivity contribution in [3.8, 4) is 17.0 Å². The molecule has 1 saturated carbocycles. The van der Waals surface area contributed by atoms with E-state index in [1.54, 1.807) is 0 Å². The van der Waals surface area contributed by atoms with Crippen molar-refractivity contribution in [2.24, 2.45) is 11.7 Å². The van der Waals surface area contributed by atoms with Crippen molar-refractivity contribution < 1.29 is 9.50 Å². The Labute approximate surface area is 114 Å². The number of halogens is 1. The smallest absolute Gasteiger partial charge is 0.262 e. The molecule has 1 aromatic heterocycles. The topological polar surface area (TPSA) is 92.0 Å². The summed E-state index contributed by atoms with van der Waals surface area (Å²) in [6, 6.07) is 4.91. The van der Waals surface area contributed by atoms with Crippen LogP contribution >= 0.6 is 0 Å². The first-order valence-electron chi connectivity index (χ1n) is 6.41. The highest BCUT2D eigenvalue weighted by molar-refractivity contribution is 5.67. The molecule has 0 bridgehead atoms. The predicted octanol–water partition coefficient (Wildman–Crippen LogP) is 1.69. The molecule has 4 N–H and O–H groups in total. The highest BCUT2D eigenvalue weighted by Gasteiger charge is 2.31. The first kappa shape index (κ1) is 12.8. The number of hydrogen-bond acceptors (Lipinski definition) is 4. The first-order chi connectivity index (χ1) is 9.56. The van der Waals surface area contributed by atoms with Gasteiger partial charge in [-0.3, -0.25) is 4.79 Å². The molecule has 3 rings (SSSR count). The minimum absolute atomic E-state index is 0.0248. The fourth-order valence-corrected chi connectivity index (χ4v) is 2.19. The largest absolute Gasteiger partial charge is 0.493 e. The van der Waals surface area contributed by atoms with Gasteiger partial charge in [0.15, 0.2) is 0 Å². The number of H-pyrrole nitrogens is 1. The number of nitrogens with two attached hydrogens (primary N) is 1. The number of rotatable bonds is 3. The molecule has 1 unspecified atom stereocenters. The van der Waals surface area contributed by atoms with Crippen LogP contribution in [-0.4, -0.2) is 15.1 Å². The Hall–Kier alpha value is -2.21. The van der Waals surface area contributed by atoms with Gasteiger partial charge >= 0.3 is 0 Å². The van der Waals surface area contributed by atoms with Gasteiger partial charge in [0.05, 0.1) is 6.04 Å². The van der Waals surface area contributed by atoms with E-state index in [-0.39, 0.29) is 17.5 Å². The van der Waals surface area contributed by atoms with Crippen molar-refractivity contribution in [3.63, 3.8) is 0 Å². The summed E-state index contributed by atoms with van der Waals surface area (Å²) in [5.74, 6) is -0.188. The number of aromatic nitrogens is 2. The van der Waals surface area contributed by atoms with Crippen molar-refractivity contribution in [1.29, 1.82) is 0 Å². The van der Waals surface area contributed by atoms with Gasteiger partial charge < -0.3 is 15.8 Å². The zero-order valence-corrected chi connectivity index (χ0v) is 10.6. The molecule has 1 aliphatic carbocycles. The Morgan fingerprint density at radius 2 is 2.00 bits per heavy atom. The molecule has 0 aliphatic heterocycles. The van der Waals surface area contributed by atoms with Crippen LogP contribution in [0.25, 0.3) is 11.1 Å². The van der Waals surface area contributed by atoms with Crippen molar-refractivity contribution >= 4 is 0 Å². The normalized spacial score (nSPS) is 16.1. The van der Waals surface area contributed by atoms with Gasteiger partial charge in [0.1, 0.15) is 17.2 Å². The molecular formula is C14H14FN3O2. The lowest BCUT2D eigenvalue weighted by molar-refractivity contribution is 0.443. The maximum absolute atomic E-state index is 12.9. The number of nitrogens with zero attached hydrogens (tertiary/aromatic N) is 1. The molecular weight excluding hydrogens is 261 g/mol. The van der Waals surface area contributed by atoms with Gasteiger partial charge in [-0.2, -0.15) is 4.98 Å². The molecule has 0 saturated heterocycles. The van der Waals surface area contributed by atoms with E-state index < -0.39 is 11.4 Å². The highest BCUT2D eigenvalue weighted by Crippen LogP contribution is 2.38. The van der Waals surface area contributed by atoms with E-state index in [9.17, 15) is 14.3 Å². The molecule has 1 atom stereocenters. The first-order valence-corrected chi connectivity index (χ1v) is 6.41. The fraction of sp³-hybridized carbons (Fsp3) is 0.286. The van der Waals surface area contributed by atoms with Crippen molar-refractivity contribution in [2.45, 2.75) is 18.9 Å². The third kappa shape index (κ3) is 2.30. The predicted molar refractivity (Wildman–Crippen MR) is 71.6 cm³/mol. The van der Waals surface area contributed by atoms with Gasteiger partial charge in [0.25, 0.3) is 5.56 Å². The molecule has 0 radical (unpaired) electrons. The van der Waals surface area contributed by atoms with Gasteiger partial charge in [-0.25, -0.2) is 4.39 Å². The van der Waals surface area contributed by atoms with Gasteiger partial charge in [-0.1, -0.05) is 12.1 Å². The summed E-state index contributed by atoms with van der Waals surface area (Å²) < 4.78 is 12.9. The Morgan fingerprint density at radius 3 is 2.55 bits per heavy atom. The summed E-state index contributed by atoms with van der Waals surface area (Å²) in [5, 5.41) is 9.97. The van der Waals surface area contributed by atoms with E-state index in [0.29, 0.717) is 17.3 Å². The van der Waals surface area contributed by atoms with E-state index in [0.717, 1.165) is 12.8 Å². The molecule has 1 aromatic carbocycles. The average Bonchev–Trinajstić information content (AvgIpc) is 3.23. The van der Waals surface area contributed by atoms with Gasteiger partial charge in [0, 0.05) is 0 Å². The number of hydrogen-bond donors (Lipinski definition) is 3. The van der Waals surface area contributed by atoms with Gasteiger partial charge in [-0.15, -0.1) is 0 Å². The lowest BCUT2D eigenvalue weighted by Crippen LogP contribution is -2.22. The maximum Gasteiger partial charge on any atom is 0.262 e.